The third-order valence-electron chi connectivity index (χ3n) is 5.02. The van der Waals surface area contributed by atoms with E-state index in [9.17, 15) is 0 Å². The van der Waals surface area contributed by atoms with E-state index in [1.165, 1.54) is 21.9 Å². The van der Waals surface area contributed by atoms with E-state index in [0.29, 0.717) is 6.04 Å². The van der Waals surface area contributed by atoms with Crippen LogP contribution in [0.1, 0.15) is 23.8 Å². The van der Waals surface area contributed by atoms with Crippen molar-refractivity contribution in [3.63, 3.8) is 0 Å². The lowest BCUT2D eigenvalue weighted by molar-refractivity contribution is 0.138. The van der Waals surface area contributed by atoms with Crippen molar-refractivity contribution < 1.29 is 0 Å². The van der Waals surface area contributed by atoms with Gasteiger partial charge in [-0.15, -0.1) is 11.3 Å². The maximum atomic E-state index is 5.08. The molecule has 2 aliphatic heterocycles. The van der Waals surface area contributed by atoms with Gasteiger partial charge in [0.2, 0.25) is 0 Å². The zero-order valence-electron chi connectivity index (χ0n) is 14.5. The van der Waals surface area contributed by atoms with Crippen LogP contribution >= 0.6 is 11.3 Å². The van der Waals surface area contributed by atoms with Gasteiger partial charge in [0.25, 0.3) is 0 Å². The number of anilines is 2. The number of nitrogens with zero attached hydrogens (tertiary/aromatic N) is 3. The van der Waals surface area contributed by atoms with E-state index in [1.807, 2.05) is 11.3 Å². The second-order valence-corrected chi connectivity index (χ2v) is 7.92. The van der Waals surface area contributed by atoms with Gasteiger partial charge in [0.05, 0.1) is 16.9 Å². The highest BCUT2D eigenvalue weighted by molar-refractivity contribution is 7.16. The standard InChI is InChI=1S/C19H24N4S/c1-4-14-12-23(10-9-22(14)3)18-15-11-13(2)24-19(15)21-17-8-6-5-7-16(17)20-18/h5-8,11,14,21H,4,9-10,12H2,1-3H3. The first-order valence-corrected chi connectivity index (χ1v) is 9.48. The molecule has 0 radical (unpaired) electrons. The molecule has 0 saturated carbocycles. The van der Waals surface area contributed by atoms with Crippen LogP contribution in [0.3, 0.4) is 0 Å². The number of piperazine rings is 1. The highest BCUT2D eigenvalue weighted by Gasteiger charge is 2.29. The molecule has 4 nitrogen and oxygen atoms in total. The number of thiophene rings is 1. The number of likely N-dealkylation sites (N-methyl/N-ethyl adjacent to an activating group) is 1. The number of nitrogens with one attached hydrogen (secondary N) is 1. The van der Waals surface area contributed by atoms with Gasteiger partial charge in [-0.2, -0.15) is 0 Å². The fourth-order valence-electron chi connectivity index (χ4n) is 3.57. The van der Waals surface area contributed by atoms with Crippen LogP contribution in [-0.4, -0.2) is 48.4 Å². The second kappa shape index (κ2) is 6.22. The highest BCUT2D eigenvalue weighted by atomic mass is 32.1. The Hall–Kier alpha value is -1.85. The van der Waals surface area contributed by atoms with Crippen molar-refractivity contribution >= 4 is 33.5 Å². The van der Waals surface area contributed by atoms with Crippen LogP contribution in [0.2, 0.25) is 0 Å². The molecule has 4 rings (SSSR count). The molecule has 1 aromatic carbocycles. The molecule has 1 atom stereocenters. The van der Waals surface area contributed by atoms with E-state index in [1.54, 1.807) is 0 Å². The average Bonchev–Trinajstić information content (AvgIpc) is 2.87. The van der Waals surface area contributed by atoms with E-state index in [4.69, 9.17) is 4.99 Å². The third-order valence-corrected chi connectivity index (χ3v) is 5.99. The predicted molar refractivity (Wildman–Crippen MR) is 103 cm³/mol. The highest BCUT2D eigenvalue weighted by Crippen LogP contribution is 2.39. The van der Waals surface area contributed by atoms with E-state index < -0.39 is 0 Å². The molecule has 2 aromatic rings. The summed E-state index contributed by atoms with van der Waals surface area (Å²) in [6.45, 7) is 7.61. The van der Waals surface area contributed by atoms with Gasteiger partial charge in [-0.25, -0.2) is 4.99 Å². The summed E-state index contributed by atoms with van der Waals surface area (Å²) in [6.07, 6.45) is 1.17. The lowest BCUT2D eigenvalue weighted by Gasteiger charge is -2.40. The Labute approximate surface area is 147 Å². The topological polar surface area (TPSA) is 30.9 Å². The minimum absolute atomic E-state index is 0.594. The van der Waals surface area contributed by atoms with Crippen molar-refractivity contribution in [1.29, 1.82) is 0 Å². The van der Waals surface area contributed by atoms with E-state index in [0.717, 1.165) is 36.8 Å². The number of hydrogen-bond donors (Lipinski definition) is 1. The molecule has 1 N–H and O–H groups in total. The summed E-state index contributed by atoms with van der Waals surface area (Å²) < 4.78 is 0. The number of fused-ring (bicyclic) bond motifs is 2. The van der Waals surface area contributed by atoms with Gasteiger partial charge in [0.15, 0.2) is 0 Å². The fourth-order valence-corrected chi connectivity index (χ4v) is 4.49. The smallest absolute Gasteiger partial charge is 0.139 e. The molecule has 0 amide bonds. The lowest BCUT2D eigenvalue weighted by atomic mass is 10.1. The summed E-state index contributed by atoms with van der Waals surface area (Å²) in [5, 5.41) is 4.80. The summed E-state index contributed by atoms with van der Waals surface area (Å²) in [5.41, 5.74) is 3.37. The Morgan fingerprint density at radius 3 is 2.96 bits per heavy atom. The number of rotatable bonds is 1. The number of para-hydroxylation sites is 2. The Kier molecular flexibility index (Phi) is 4.06. The molecule has 1 fully saturated rings. The largest absolute Gasteiger partial charge is 0.353 e. The maximum absolute atomic E-state index is 5.08. The molecule has 0 spiro atoms. The number of benzene rings is 1. The van der Waals surface area contributed by atoms with Crippen molar-refractivity contribution in [3.8, 4) is 0 Å². The maximum Gasteiger partial charge on any atom is 0.139 e. The fraction of sp³-hybridized carbons (Fsp3) is 0.421. The van der Waals surface area contributed by atoms with Crippen molar-refractivity contribution in [2.24, 2.45) is 4.99 Å². The summed E-state index contributed by atoms with van der Waals surface area (Å²) >= 11 is 1.81. The van der Waals surface area contributed by atoms with Gasteiger partial charge >= 0.3 is 0 Å². The molecule has 1 saturated heterocycles. The average molecular weight is 340 g/mol. The molecule has 1 aromatic heterocycles. The molecule has 5 heteroatoms. The first kappa shape index (κ1) is 15.7. The third kappa shape index (κ3) is 2.72. The molecule has 3 heterocycles. The lowest BCUT2D eigenvalue weighted by Crippen LogP contribution is -2.53. The van der Waals surface area contributed by atoms with Crippen molar-refractivity contribution in [3.05, 3.63) is 40.8 Å². The zero-order valence-corrected chi connectivity index (χ0v) is 15.4. The molecule has 24 heavy (non-hydrogen) atoms. The van der Waals surface area contributed by atoms with Crippen LogP contribution in [0.15, 0.2) is 35.3 Å². The molecular formula is C19H24N4S. The van der Waals surface area contributed by atoms with Gasteiger partial charge in [-0.05, 0) is 38.6 Å². The zero-order chi connectivity index (χ0) is 16.7. The summed E-state index contributed by atoms with van der Waals surface area (Å²) in [4.78, 5) is 11.3. The first-order valence-electron chi connectivity index (χ1n) is 8.66. The predicted octanol–water partition coefficient (Wildman–Crippen LogP) is 4.22. The first-order chi connectivity index (χ1) is 11.7. The summed E-state index contributed by atoms with van der Waals surface area (Å²) in [5.74, 6) is 1.12. The molecule has 1 unspecified atom stereocenters. The quantitative estimate of drug-likeness (QED) is 0.843. The Morgan fingerprint density at radius 2 is 2.12 bits per heavy atom. The monoisotopic (exact) mass is 340 g/mol. The van der Waals surface area contributed by atoms with Crippen LogP contribution in [-0.2, 0) is 0 Å². The van der Waals surface area contributed by atoms with Crippen molar-refractivity contribution in [2.75, 3.05) is 32.0 Å². The van der Waals surface area contributed by atoms with E-state index >= 15 is 0 Å². The minimum atomic E-state index is 0.594. The van der Waals surface area contributed by atoms with Gasteiger partial charge in [0, 0.05) is 30.6 Å². The number of aliphatic imine (C=N–C) groups is 1. The minimum Gasteiger partial charge on any atom is -0.353 e. The number of amidine groups is 1. The molecule has 126 valence electrons. The van der Waals surface area contributed by atoms with Crippen LogP contribution in [0.4, 0.5) is 16.4 Å². The van der Waals surface area contributed by atoms with Gasteiger partial charge in [0.1, 0.15) is 10.8 Å². The van der Waals surface area contributed by atoms with Crippen LogP contribution in [0, 0.1) is 6.92 Å². The normalized spacial score (nSPS) is 20.7. The van der Waals surface area contributed by atoms with E-state index in [-0.39, 0.29) is 0 Å². The van der Waals surface area contributed by atoms with Gasteiger partial charge < -0.3 is 10.2 Å². The van der Waals surface area contributed by atoms with E-state index in [2.05, 4.69) is 66.3 Å². The summed E-state index contributed by atoms with van der Waals surface area (Å²) in [7, 11) is 2.23. The van der Waals surface area contributed by atoms with Crippen molar-refractivity contribution in [2.45, 2.75) is 26.3 Å². The van der Waals surface area contributed by atoms with Crippen LogP contribution in [0.5, 0.6) is 0 Å². The Balaban J connectivity index is 1.78. The molecule has 2 aliphatic rings. The molecule has 0 bridgehead atoms. The summed E-state index contributed by atoms with van der Waals surface area (Å²) in [6, 6.07) is 11.2. The van der Waals surface area contributed by atoms with Crippen LogP contribution < -0.4 is 5.32 Å². The van der Waals surface area contributed by atoms with Crippen LogP contribution in [0.25, 0.3) is 0 Å². The molecular weight excluding hydrogens is 316 g/mol. The second-order valence-electron chi connectivity index (χ2n) is 6.67. The number of hydrogen-bond acceptors (Lipinski definition) is 5. The number of aryl methyl sites for hydroxylation is 1. The van der Waals surface area contributed by atoms with Gasteiger partial charge in [-0.1, -0.05) is 19.1 Å². The van der Waals surface area contributed by atoms with Crippen molar-refractivity contribution in [1.82, 2.24) is 9.80 Å². The van der Waals surface area contributed by atoms with Gasteiger partial charge in [-0.3, -0.25) is 4.90 Å². The molecule has 0 aliphatic carbocycles. The Bertz CT molecular complexity index is 779. The Morgan fingerprint density at radius 1 is 1.29 bits per heavy atom. The SMILES string of the molecule is CCC1CN(C2=Nc3ccccc3Nc3sc(C)cc32)CCN1C.